The van der Waals surface area contributed by atoms with E-state index in [-0.39, 0.29) is 73.6 Å². The first-order valence-electron chi connectivity index (χ1n) is 25.6. The molecule has 0 fully saturated rings. The summed E-state index contributed by atoms with van der Waals surface area (Å²) in [6.45, 7) is 0.972. The van der Waals surface area contributed by atoms with Gasteiger partial charge in [-0.15, -0.1) is 0 Å². The fourth-order valence-electron chi connectivity index (χ4n) is 7.77. The van der Waals surface area contributed by atoms with Crippen molar-refractivity contribution in [3.63, 3.8) is 0 Å². The number of hydrogen-bond acceptors (Lipinski definition) is 10. The fourth-order valence-corrected chi connectivity index (χ4v) is 7.77. The number of carboxylic acid groups (broad SMARTS) is 1. The molecule has 0 spiro atoms. The van der Waals surface area contributed by atoms with Gasteiger partial charge >= 0.3 is 142 Å². The summed E-state index contributed by atoms with van der Waals surface area (Å²) < 4.78 is 0. The van der Waals surface area contributed by atoms with E-state index >= 15 is 0 Å². The van der Waals surface area contributed by atoms with Gasteiger partial charge < -0.3 is 30.3 Å². The Kier molecular flexibility index (Phi) is 34.2. The zero-order valence-electron chi connectivity index (χ0n) is 46.4. The molecular formula is C66H51Cl4K2N4NaO6Pt2. The van der Waals surface area contributed by atoms with Crippen LogP contribution in [0.3, 0.4) is 0 Å². The predicted octanol–water partition coefficient (Wildman–Crippen LogP) is 13.6. The summed E-state index contributed by atoms with van der Waals surface area (Å²) in [5.74, 6) is -0.456. The van der Waals surface area contributed by atoms with Crippen LogP contribution in [0.2, 0.25) is 0 Å². The van der Waals surface area contributed by atoms with E-state index in [4.69, 9.17) is 47.6 Å². The molecule has 85 heavy (non-hydrogen) atoms. The second-order valence-corrected chi connectivity index (χ2v) is 37.0. The van der Waals surface area contributed by atoms with Crippen molar-refractivity contribution in [3.05, 3.63) is 265 Å². The third-order valence-corrected chi connectivity index (χ3v) is 11.7. The van der Waals surface area contributed by atoms with Crippen LogP contribution in [0.5, 0.6) is 23.0 Å². The molecule has 0 aromatic heterocycles. The van der Waals surface area contributed by atoms with Crippen LogP contribution in [0.1, 0.15) is 29.2 Å². The minimum Gasteiger partial charge on any atom is 0 e. The van der Waals surface area contributed by atoms with Crippen LogP contribution in [-0.2, 0) is 37.8 Å². The van der Waals surface area contributed by atoms with Gasteiger partial charge in [0.2, 0.25) is 0 Å². The predicted molar refractivity (Wildman–Crippen MR) is 342 cm³/mol. The van der Waals surface area contributed by atoms with Crippen molar-refractivity contribution in [2.24, 2.45) is 20.0 Å². The molecule has 0 saturated heterocycles. The van der Waals surface area contributed by atoms with Gasteiger partial charge in [-0.25, -0.2) is 0 Å². The molecular weight excluding hydrogens is 1580 g/mol. The second-order valence-electron chi connectivity index (χ2n) is 17.3. The number of aliphatic carboxylic acids is 1. The Morgan fingerprint density at radius 2 is 0.529 bits per heavy atom. The maximum Gasteiger partial charge on any atom is 1.00 e. The Hall–Kier alpha value is -3.64. The van der Waals surface area contributed by atoms with Gasteiger partial charge in [0.05, 0.1) is 22.7 Å². The molecule has 0 radical (unpaired) electrons. The van der Waals surface area contributed by atoms with Crippen LogP contribution in [-0.4, -0.2) is 114 Å². The van der Waals surface area contributed by atoms with Gasteiger partial charge in [-0.3, -0.25) is 20.0 Å². The summed E-state index contributed by atoms with van der Waals surface area (Å²) in [5.41, 5.74) is 13.0. The normalized spacial score (nSPS) is 10.9. The molecule has 10 nitrogen and oxygen atoms in total. The Morgan fingerprint density at radius 3 is 0.694 bits per heavy atom. The molecule has 10 aromatic rings. The minimum atomic E-state index is -3.06. The Balaban J connectivity index is 0.000000305. The average molecular weight is 1630 g/mol. The van der Waals surface area contributed by atoms with E-state index in [1.54, 1.807) is 49.1 Å². The average Bonchev–Trinajstić information content (AvgIpc) is 3.66. The topological polar surface area (TPSA) is 170 Å². The minimum absolute atomic E-state index is 0. The third-order valence-electron chi connectivity index (χ3n) is 11.7. The third kappa shape index (κ3) is 25.8. The van der Waals surface area contributed by atoms with Crippen molar-refractivity contribution in [2.45, 2.75) is 6.92 Å². The number of halogens is 4. The number of nitrogens with zero attached hydrogens (tertiary/aromatic N) is 4. The van der Waals surface area contributed by atoms with Crippen molar-refractivity contribution in [1.82, 2.24) is 0 Å². The van der Waals surface area contributed by atoms with E-state index in [9.17, 15) is 20.4 Å². The van der Waals surface area contributed by atoms with Crippen LogP contribution in [0.25, 0.3) is 44.5 Å². The molecule has 10 rings (SSSR count). The van der Waals surface area contributed by atoms with Gasteiger partial charge in [0, 0.05) is 74.1 Å². The number of aliphatic imine (C=N–C) groups is 4. The van der Waals surface area contributed by atoms with Gasteiger partial charge in [0.1, 0.15) is 23.0 Å². The molecule has 0 aliphatic rings. The Bertz CT molecular complexity index is 3350. The zero-order valence-corrected chi connectivity index (χ0v) is 62.3. The number of carbonyl (C=O) groups excluding carboxylic acids is 1. The Morgan fingerprint density at radius 1 is 0.365 bits per heavy atom. The summed E-state index contributed by atoms with van der Waals surface area (Å²) in [6, 6.07) is 76.8. The van der Waals surface area contributed by atoms with E-state index in [2.05, 4.69) is 20.0 Å². The smallest absolute Gasteiger partial charge is 0 e. The molecule has 0 amide bonds. The number of hydrogen-bond donors (Lipinski definition) is 4. The summed E-state index contributed by atoms with van der Waals surface area (Å²) in [7, 11) is 20.0. The van der Waals surface area contributed by atoms with Crippen LogP contribution in [0, 0.1) is 0 Å². The summed E-state index contributed by atoms with van der Waals surface area (Å²) >= 11 is -0.556. The molecule has 19 heteroatoms. The molecule has 0 saturated carbocycles. The standard InChI is InChI=1S/2C32H24N2O2.C2H4O2.4ClH.2K.Na.2Pt/c2*35-31-19-25(23-9-3-1-4-10-23)15-17-27(31)21-33-29-13-7-8-14-30(29)34-22-28-18-16-26(20-32(28)36)24-11-5-2-6-12-24;1-2(3)4;;;;;;;;;/h2*1-22,35-36H;1H3,(H,3,4);4*1H;;;;;/q;;;;;;;;;+1;;+4/p-5. The monoisotopic (exact) mass is 1630 g/mol. The van der Waals surface area contributed by atoms with Crippen LogP contribution >= 0.6 is 37.7 Å². The van der Waals surface area contributed by atoms with Gasteiger partial charge in [-0.1, -0.05) is 170 Å². The van der Waals surface area contributed by atoms with Crippen LogP contribution in [0.4, 0.5) is 22.7 Å². The SMILES string of the molecule is CC(=O)[O-].Oc1cc(-c2ccccc2)ccc1C=Nc1ccccc1N=Cc1ccc(-c2ccccc2)cc1O.Oc1cc(-c2ccccc2)ccc1C=Nc1ccccc1N=Cc1ccc(-c2ccccc2)cc1O.[Cl][Pt]([Cl])([Cl])[Cl].[K][K].[Na+].[Pt]. The van der Waals surface area contributed by atoms with Crippen LogP contribution < -0.4 is 34.7 Å². The zero-order chi connectivity index (χ0) is 59.6. The number of carboxylic acids is 1. The maximum absolute atomic E-state index is 10.5. The van der Waals surface area contributed by atoms with Crippen molar-refractivity contribution < 1.29 is 92.8 Å². The van der Waals surface area contributed by atoms with Gasteiger partial charge in [-0.05, 0) is 124 Å². The molecule has 0 bridgehead atoms. The number of phenolic OH excluding ortho intramolecular Hbond substituents is 4. The molecule has 422 valence electrons. The fraction of sp³-hybridized carbons (Fsp3) is 0.0152. The first-order valence-corrected chi connectivity index (χ1v) is 52.9. The molecule has 4 N–H and O–H groups in total. The van der Waals surface area contributed by atoms with E-state index in [1.165, 1.54) is 63.2 Å². The van der Waals surface area contributed by atoms with Crippen molar-refractivity contribution in [3.8, 4) is 67.5 Å². The molecule has 0 aliphatic heterocycles. The summed E-state index contributed by atoms with van der Waals surface area (Å²) in [4.78, 5) is 27.2. The Labute approximate surface area is 596 Å². The van der Waals surface area contributed by atoms with E-state index in [0.29, 0.717) is 45.0 Å². The maximum atomic E-state index is 10.5. The van der Waals surface area contributed by atoms with Crippen molar-refractivity contribution in [1.29, 1.82) is 0 Å². The quantitative estimate of drug-likeness (QED) is 0.0701. The molecule has 10 aromatic carbocycles. The van der Waals surface area contributed by atoms with E-state index in [1.807, 2.05) is 218 Å². The number of carbonyl (C=O) groups is 1. The first kappa shape index (κ1) is 73.8. The van der Waals surface area contributed by atoms with E-state index < -0.39 is 17.9 Å². The molecule has 0 heterocycles. The number of phenols is 4. The van der Waals surface area contributed by atoms with Gasteiger partial charge in [0.15, 0.2) is 0 Å². The number of para-hydroxylation sites is 4. The van der Waals surface area contributed by atoms with Crippen LogP contribution in [0.15, 0.2) is 263 Å². The summed E-state index contributed by atoms with van der Waals surface area (Å²) in [6.07, 6.45) is 6.52. The molecule has 0 unspecified atom stereocenters. The largest absolute Gasteiger partial charge is 1.00 e. The number of benzene rings is 10. The van der Waals surface area contributed by atoms with Gasteiger partial charge in [-0.2, -0.15) is 0 Å². The number of rotatable bonds is 12. The molecule has 0 atom stereocenters. The molecule has 0 aliphatic carbocycles. The first-order chi connectivity index (χ1) is 40.1. The van der Waals surface area contributed by atoms with Crippen molar-refractivity contribution >= 4 is 154 Å². The van der Waals surface area contributed by atoms with Crippen molar-refractivity contribution in [2.75, 3.05) is 0 Å². The van der Waals surface area contributed by atoms with Gasteiger partial charge in [0.25, 0.3) is 0 Å². The number of aromatic hydroxyl groups is 4. The second kappa shape index (κ2) is 39.4. The summed E-state index contributed by atoms with van der Waals surface area (Å²) in [5, 5.41) is 51.0. The van der Waals surface area contributed by atoms with E-state index in [0.717, 1.165) is 51.4 Å².